The predicted molar refractivity (Wildman–Crippen MR) is 245 cm³/mol. The van der Waals surface area contributed by atoms with Crippen molar-refractivity contribution in [2.24, 2.45) is 0 Å². The fourth-order valence-electron chi connectivity index (χ4n) is 6.05. The fraction of sp³-hybridized carbons (Fsp3) is 0.167. The molecule has 4 aromatic carbocycles. The number of nitrogens with zero attached hydrogens (tertiary/aromatic N) is 2. The van der Waals surface area contributed by atoms with Gasteiger partial charge in [0, 0.05) is 54.4 Å². The summed E-state index contributed by atoms with van der Waals surface area (Å²) in [4.78, 5) is 29.7. The number of ether oxygens (including phenoxy) is 4. The van der Waals surface area contributed by atoms with Crippen molar-refractivity contribution in [1.29, 1.82) is 0 Å². The Kier molecular flexibility index (Phi) is 20.5. The summed E-state index contributed by atoms with van der Waals surface area (Å²) in [6, 6.07) is 46.2. The Balaban J connectivity index is 0.000000570. The van der Waals surface area contributed by atoms with Crippen LogP contribution in [0.3, 0.4) is 0 Å². The second kappa shape index (κ2) is 25.1. The van der Waals surface area contributed by atoms with Crippen LogP contribution in [0.5, 0.6) is 23.5 Å². The third-order valence-electron chi connectivity index (χ3n) is 8.30. The quantitative estimate of drug-likeness (QED) is 0.0512. The number of allylic oxidation sites excluding steroid dienone is 4. The third kappa shape index (κ3) is 14.2. The van der Waals surface area contributed by atoms with Gasteiger partial charge in [0.25, 0.3) is 0 Å². The maximum Gasteiger partial charge on any atom is 0.225 e. The van der Waals surface area contributed by atoms with Crippen LogP contribution in [-0.4, -0.2) is 60.2 Å². The number of hydrogen-bond acceptors (Lipinski definition) is 10. The smallest absolute Gasteiger partial charge is 0.225 e. The number of benzene rings is 4. The number of carbonyl (C=O) groups is 2. The predicted octanol–water partition coefficient (Wildman–Crippen LogP) is 7.77. The third-order valence-corrected chi connectivity index (χ3v) is 13.2. The molecular weight excluding hydrogens is 896 g/mol. The normalized spacial score (nSPS) is 10.9. The molecule has 2 N–H and O–H groups in total. The summed E-state index contributed by atoms with van der Waals surface area (Å²) < 4.78 is 23.8. The molecule has 0 spiro atoms. The Bertz CT molecular complexity index is 2130. The zero-order valence-corrected chi connectivity index (χ0v) is 38.9. The van der Waals surface area contributed by atoms with Gasteiger partial charge in [0.2, 0.25) is 23.5 Å². The van der Waals surface area contributed by atoms with Crippen LogP contribution in [0.4, 0.5) is 0 Å². The van der Waals surface area contributed by atoms with Crippen LogP contribution in [0.1, 0.15) is 27.7 Å². The maximum atomic E-state index is 10.0. The average molecular weight is 946 g/mol. The molecule has 0 saturated heterocycles. The minimum Gasteiger partial charge on any atom is -0.512 e. The minimum absolute atomic E-state index is 0. The van der Waals surface area contributed by atoms with Gasteiger partial charge in [-0.25, -0.2) is 0 Å². The van der Waals surface area contributed by atoms with Crippen LogP contribution in [0.25, 0.3) is 11.1 Å². The first-order valence-corrected chi connectivity index (χ1v) is 21.4. The number of methoxy groups -OCH3 is 4. The molecule has 6 rings (SSSR count). The number of carbonyl (C=O) groups excluding carboxylic acids is 2. The summed E-state index contributed by atoms with van der Waals surface area (Å²) >= 11 is 0. The molecule has 0 aliphatic carbocycles. The topological polar surface area (TPSA) is 137 Å². The molecule has 2 heterocycles. The van der Waals surface area contributed by atoms with Crippen LogP contribution >= 0.6 is 15.8 Å². The van der Waals surface area contributed by atoms with Crippen LogP contribution in [0.15, 0.2) is 157 Å². The standard InChI is InChI=1S/C38H34N2O4P2.2C5H8O2.Ru/c1-41-33-25-31(45(27-17-9-5-10-18-27)28-19-11-6-12-20-28)35(37(39-33)43-3)36-32(26-34(42-2)40-38(36)44-4)46(29-21-13-7-14-22-29)30-23-15-8-16-24-30;2*1-4(6)3-5(2)7;/h5-26H,1-4H3;2*3,6H,1-2H3;/b;2*4-3-;. The van der Waals surface area contributed by atoms with E-state index in [1.54, 1.807) is 28.4 Å². The number of aliphatic hydroxyl groups is 2. The summed E-state index contributed by atoms with van der Waals surface area (Å²) in [6.45, 7) is 5.70. The van der Waals surface area contributed by atoms with Gasteiger partial charge in [-0.1, -0.05) is 121 Å². The molecule has 6 aromatic rings. The molecule has 0 aliphatic rings. The van der Waals surface area contributed by atoms with E-state index in [-0.39, 0.29) is 42.6 Å². The van der Waals surface area contributed by atoms with Crippen LogP contribution in [0.2, 0.25) is 0 Å². The Morgan fingerprint density at radius 3 is 0.918 bits per heavy atom. The molecule has 13 heteroatoms. The van der Waals surface area contributed by atoms with Crippen molar-refractivity contribution in [3.05, 3.63) is 157 Å². The van der Waals surface area contributed by atoms with E-state index >= 15 is 0 Å². The van der Waals surface area contributed by atoms with E-state index in [2.05, 4.69) is 97.1 Å². The Labute approximate surface area is 373 Å². The first-order chi connectivity index (χ1) is 28.9. The molecule has 0 unspecified atom stereocenters. The second-order valence-corrected chi connectivity index (χ2v) is 17.3. The fourth-order valence-corrected chi connectivity index (χ4v) is 11.0. The summed E-state index contributed by atoms with van der Waals surface area (Å²) in [7, 11) is 4.32. The molecule has 0 radical (unpaired) electrons. The van der Waals surface area contributed by atoms with Gasteiger partial charge >= 0.3 is 0 Å². The number of hydrogen-bond donors (Lipinski definition) is 2. The number of rotatable bonds is 13. The van der Waals surface area contributed by atoms with Crippen molar-refractivity contribution >= 4 is 59.2 Å². The van der Waals surface area contributed by atoms with Crippen molar-refractivity contribution in [2.75, 3.05) is 28.4 Å². The minimum atomic E-state index is -1.11. The Hall–Kier alpha value is -5.72. The number of aromatic nitrogens is 2. The number of ketones is 2. The van der Waals surface area contributed by atoms with E-state index < -0.39 is 15.8 Å². The van der Waals surface area contributed by atoms with Gasteiger partial charge in [-0.3, -0.25) is 9.59 Å². The molecule has 318 valence electrons. The van der Waals surface area contributed by atoms with Crippen molar-refractivity contribution < 1.29 is 58.2 Å². The monoisotopic (exact) mass is 946 g/mol. The summed E-state index contributed by atoms with van der Waals surface area (Å²) in [6.07, 6.45) is 2.33. The van der Waals surface area contributed by atoms with Crippen LogP contribution in [0, 0.1) is 0 Å². The van der Waals surface area contributed by atoms with Gasteiger partial charge in [-0.15, -0.1) is 0 Å². The Morgan fingerprint density at radius 2 is 0.738 bits per heavy atom. The van der Waals surface area contributed by atoms with E-state index in [9.17, 15) is 9.59 Å². The SMILES string of the molecule is CC(=O)/C=C(/C)O.CC(=O)/C=C(/C)O.COc1cc(P(c2ccccc2)c2ccccc2)c(-c2c(P(c3ccccc3)c3ccccc3)cc(OC)nc2OC)c(OC)n1.[Ru]. The number of aliphatic hydroxyl groups excluding tert-OH is 2. The zero-order chi connectivity index (χ0) is 43.6. The van der Waals surface area contributed by atoms with Gasteiger partial charge in [-0.2, -0.15) is 9.97 Å². The average Bonchev–Trinajstić information content (AvgIpc) is 3.24. The van der Waals surface area contributed by atoms with E-state index in [4.69, 9.17) is 39.1 Å². The van der Waals surface area contributed by atoms with Gasteiger partial charge in [0.05, 0.1) is 51.1 Å². The summed E-state index contributed by atoms with van der Waals surface area (Å²) in [5, 5.41) is 23.5. The maximum absolute atomic E-state index is 10.0. The zero-order valence-electron chi connectivity index (χ0n) is 35.3. The summed E-state index contributed by atoms with van der Waals surface area (Å²) in [5.41, 5.74) is 1.62. The Morgan fingerprint density at radius 1 is 0.475 bits per heavy atom. The molecule has 2 aromatic heterocycles. The largest absolute Gasteiger partial charge is 0.512 e. The first kappa shape index (κ1) is 49.6. The molecule has 0 fully saturated rings. The molecule has 10 nitrogen and oxygen atoms in total. The number of pyridine rings is 2. The van der Waals surface area contributed by atoms with E-state index in [1.807, 2.05) is 36.4 Å². The van der Waals surface area contributed by atoms with Gasteiger partial charge in [-0.05, 0) is 64.8 Å². The van der Waals surface area contributed by atoms with Gasteiger partial charge < -0.3 is 29.2 Å². The van der Waals surface area contributed by atoms with Gasteiger partial charge in [0.1, 0.15) is 0 Å². The second-order valence-electron chi connectivity index (χ2n) is 12.9. The molecule has 0 atom stereocenters. The van der Waals surface area contributed by atoms with E-state index in [0.29, 0.717) is 23.5 Å². The first-order valence-electron chi connectivity index (χ1n) is 18.7. The van der Waals surface area contributed by atoms with Crippen LogP contribution < -0.4 is 50.8 Å². The van der Waals surface area contributed by atoms with E-state index in [0.717, 1.165) is 21.7 Å². The molecular formula is C48H50N2O8P2Ru. The van der Waals surface area contributed by atoms with Crippen molar-refractivity contribution in [3.8, 4) is 34.6 Å². The molecule has 0 bridgehead atoms. The van der Waals surface area contributed by atoms with Crippen LogP contribution in [-0.2, 0) is 29.1 Å². The van der Waals surface area contributed by atoms with Gasteiger partial charge in [0.15, 0.2) is 11.6 Å². The van der Waals surface area contributed by atoms with Crippen molar-refractivity contribution in [3.63, 3.8) is 0 Å². The van der Waals surface area contributed by atoms with E-state index in [1.165, 1.54) is 61.1 Å². The van der Waals surface area contributed by atoms with Crippen molar-refractivity contribution in [2.45, 2.75) is 27.7 Å². The summed E-state index contributed by atoms with van der Waals surface area (Å²) in [5.74, 6) is 1.66. The molecule has 0 saturated carbocycles. The molecule has 0 amide bonds. The molecule has 0 aliphatic heterocycles. The van der Waals surface area contributed by atoms with Crippen molar-refractivity contribution in [1.82, 2.24) is 9.97 Å². The molecule has 61 heavy (non-hydrogen) atoms.